The van der Waals surface area contributed by atoms with Gasteiger partial charge in [0, 0.05) is 5.56 Å². The Morgan fingerprint density at radius 1 is 1.03 bits per heavy atom. The first-order valence-electron chi connectivity index (χ1n) is 9.72. The second-order valence-electron chi connectivity index (χ2n) is 6.87. The van der Waals surface area contributed by atoms with E-state index in [1.54, 1.807) is 13.0 Å². The molecule has 4 nitrogen and oxygen atoms in total. The molecule has 0 radical (unpaired) electrons. The monoisotopic (exact) mass is 496 g/mol. The molecule has 0 aliphatic heterocycles. The zero-order valence-corrected chi connectivity index (χ0v) is 17.7. The Morgan fingerprint density at radius 2 is 1.74 bits per heavy atom. The Kier molecular flexibility index (Phi) is 8.51. The van der Waals surface area contributed by atoms with Gasteiger partial charge in [0.15, 0.2) is 11.5 Å². The van der Waals surface area contributed by atoms with Crippen molar-refractivity contribution in [3.05, 3.63) is 71.6 Å². The van der Waals surface area contributed by atoms with Gasteiger partial charge in [-0.15, -0.1) is 6.58 Å². The van der Waals surface area contributed by atoms with Crippen molar-refractivity contribution in [1.82, 2.24) is 5.43 Å². The quantitative estimate of drug-likeness (QED) is 0.132. The number of hydrazone groups is 1. The lowest BCUT2D eigenvalue weighted by Crippen LogP contribution is -2.58. The number of alkyl halides is 7. The molecule has 0 bridgehead atoms. The molecule has 0 fully saturated rings. The molecule has 0 saturated carbocycles. The zero-order chi connectivity index (χ0) is 25.6. The molecule has 0 spiro atoms. The van der Waals surface area contributed by atoms with E-state index >= 15 is 0 Å². The molecule has 0 aromatic heterocycles. The van der Waals surface area contributed by atoms with E-state index in [-0.39, 0.29) is 36.7 Å². The van der Waals surface area contributed by atoms with E-state index in [0.29, 0.717) is 22.8 Å². The summed E-state index contributed by atoms with van der Waals surface area (Å²) >= 11 is 0. The molecular weight excluding hydrogens is 476 g/mol. The first-order valence-corrected chi connectivity index (χ1v) is 9.72. The number of nitrogens with zero attached hydrogens (tertiary/aromatic N) is 1. The fourth-order valence-electron chi connectivity index (χ4n) is 2.71. The third-order valence-electron chi connectivity index (χ3n) is 4.26. The molecule has 0 aliphatic rings. The van der Waals surface area contributed by atoms with Crippen LogP contribution < -0.4 is 14.9 Å². The fourth-order valence-corrected chi connectivity index (χ4v) is 2.71. The van der Waals surface area contributed by atoms with Gasteiger partial charge in [0.1, 0.15) is 12.4 Å². The van der Waals surface area contributed by atoms with E-state index in [4.69, 9.17) is 9.47 Å². The SMILES string of the molecule is C=CCc1cc(/C=N/NC(F)(F)C(F)(F)C(F)(F)F)cc(OCC)c1OCc1cccc(F)c1. The van der Waals surface area contributed by atoms with Crippen LogP contribution >= 0.6 is 0 Å². The third kappa shape index (κ3) is 6.39. The summed E-state index contributed by atoms with van der Waals surface area (Å²) in [5.41, 5.74) is 1.53. The van der Waals surface area contributed by atoms with Crippen LogP contribution in [0.25, 0.3) is 0 Å². The van der Waals surface area contributed by atoms with Crippen LogP contribution in [0.2, 0.25) is 0 Å². The summed E-state index contributed by atoms with van der Waals surface area (Å²) in [7, 11) is 0. The minimum Gasteiger partial charge on any atom is -0.490 e. The van der Waals surface area contributed by atoms with E-state index in [1.807, 2.05) is 0 Å². The number of allylic oxidation sites excluding steroid dienone is 1. The van der Waals surface area contributed by atoms with Gasteiger partial charge in [-0.25, -0.2) is 9.82 Å². The first kappa shape index (κ1) is 26.9. The number of benzene rings is 2. The number of nitrogens with one attached hydrogen (secondary N) is 1. The number of ether oxygens (including phenoxy) is 2. The van der Waals surface area contributed by atoms with E-state index in [0.717, 1.165) is 0 Å². The molecule has 0 amide bonds. The van der Waals surface area contributed by atoms with Gasteiger partial charge in [-0.05, 0) is 48.7 Å². The van der Waals surface area contributed by atoms with Crippen molar-refractivity contribution in [1.29, 1.82) is 0 Å². The maximum atomic E-state index is 13.4. The van der Waals surface area contributed by atoms with Crippen molar-refractivity contribution >= 4 is 6.21 Å². The van der Waals surface area contributed by atoms with Crippen molar-refractivity contribution in [3.63, 3.8) is 0 Å². The Balaban J connectivity index is 2.32. The Bertz CT molecular complexity index is 1020. The van der Waals surface area contributed by atoms with Gasteiger partial charge in [0.2, 0.25) is 0 Å². The van der Waals surface area contributed by atoms with Crippen LogP contribution in [-0.4, -0.2) is 31.0 Å². The molecule has 2 rings (SSSR count). The highest BCUT2D eigenvalue weighted by atomic mass is 19.4. The standard InChI is InChI=1S/C22H20F8N2O2/c1-3-6-16-9-15(12-31-32-22(29,30)20(24,25)21(26,27)28)11-18(33-4-2)19(16)34-13-14-7-5-8-17(23)10-14/h3,5,7-12,32H,1,4,6,13H2,2H3/b31-12+. The Labute approximate surface area is 189 Å². The predicted molar refractivity (Wildman–Crippen MR) is 109 cm³/mol. The molecule has 0 unspecified atom stereocenters. The van der Waals surface area contributed by atoms with Crippen LogP contribution in [0.4, 0.5) is 35.1 Å². The minimum absolute atomic E-state index is 0.0389. The molecule has 0 atom stereocenters. The topological polar surface area (TPSA) is 42.9 Å². The maximum Gasteiger partial charge on any atom is 0.462 e. The average molecular weight is 496 g/mol. The van der Waals surface area contributed by atoms with Crippen LogP contribution in [0, 0.1) is 5.82 Å². The second kappa shape index (κ2) is 10.7. The van der Waals surface area contributed by atoms with Gasteiger partial charge in [-0.3, -0.25) is 0 Å². The molecular formula is C22H20F8N2O2. The van der Waals surface area contributed by atoms with E-state index in [9.17, 15) is 35.1 Å². The highest BCUT2D eigenvalue weighted by molar-refractivity contribution is 5.81. The Morgan fingerprint density at radius 3 is 2.32 bits per heavy atom. The maximum absolute atomic E-state index is 13.4. The minimum atomic E-state index is -6.49. The number of halogens is 8. The van der Waals surface area contributed by atoms with E-state index < -0.39 is 24.0 Å². The van der Waals surface area contributed by atoms with Gasteiger partial charge < -0.3 is 9.47 Å². The zero-order valence-electron chi connectivity index (χ0n) is 17.7. The summed E-state index contributed by atoms with van der Waals surface area (Å²) in [6, 6.07) is 2.58. The Hall–Kier alpha value is -3.31. The summed E-state index contributed by atoms with van der Waals surface area (Å²) in [6.45, 7) is 5.35. The summed E-state index contributed by atoms with van der Waals surface area (Å²) in [5, 5.41) is 2.86. The molecule has 34 heavy (non-hydrogen) atoms. The fraction of sp³-hybridized carbons (Fsp3) is 0.318. The van der Waals surface area contributed by atoms with Crippen molar-refractivity contribution in [2.75, 3.05) is 6.61 Å². The van der Waals surface area contributed by atoms with Gasteiger partial charge in [-0.1, -0.05) is 18.2 Å². The highest BCUT2D eigenvalue weighted by Gasteiger charge is 2.73. The van der Waals surface area contributed by atoms with Crippen molar-refractivity contribution in [2.45, 2.75) is 38.1 Å². The largest absolute Gasteiger partial charge is 0.490 e. The van der Waals surface area contributed by atoms with Crippen LogP contribution in [0.5, 0.6) is 11.5 Å². The molecule has 1 N–H and O–H groups in total. The van der Waals surface area contributed by atoms with Crippen LogP contribution in [0.3, 0.4) is 0 Å². The predicted octanol–water partition coefficient (Wildman–Crippen LogP) is 6.25. The number of rotatable bonds is 11. The molecule has 186 valence electrons. The third-order valence-corrected chi connectivity index (χ3v) is 4.26. The van der Waals surface area contributed by atoms with Crippen molar-refractivity contribution < 1.29 is 44.6 Å². The van der Waals surface area contributed by atoms with Crippen LogP contribution in [-0.2, 0) is 13.0 Å². The smallest absolute Gasteiger partial charge is 0.462 e. The summed E-state index contributed by atoms with van der Waals surface area (Å²) in [4.78, 5) is 0. The molecule has 12 heteroatoms. The molecule has 0 saturated heterocycles. The first-order chi connectivity index (χ1) is 15.8. The summed E-state index contributed by atoms with van der Waals surface area (Å²) in [5.74, 6) is -6.47. The molecule has 2 aromatic carbocycles. The highest BCUT2D eigenvalue weighted by Crippen LogP contribution is 2.45. The summed E-state index contributed by atoms with van der Waals surface area (Å²) in [6.07, 6.45) is -4.18. The van der Waals surface area contributed by atoms with E-state index in [2.05, 4.69) is 11.7 Å². The lowest BCUT2D eigenvalue weighted by molar-refractivity contribution is -0.361. The number of hydrogen-bond acceptors (Lipinski definition) is 4. The number of hydrogen-bond donors (Lipinski definition) is 1. The van der Waals surface area contributed by atoms with Crippen LogP contribution in [0.1, 0.15) is 23.6 Å². The average Bonchev–Trinajstić information content (AvgIpc) is 2.72. The molecule has 0 aliphatic carbocycles. The normalized spacial score (nSPS) is 12.6. The van der Waals surface area contributed by atoms with Gasteiger partial charge >= 0.3 is 18.1 Å². The van der Waals surface area contributed by atoms with Crippen molar-refractivity contribution in [2.24, 2.45) is 5.10 Å². The lowest BCUT2D eigenvalue weighted by atomic mass is 10.1. The van der Waals surface area contributed by atoms with Gasteiger partial charge in [0.05, 0.1) is 12.8 Å². The van der Waals surface area contributed by atoms with Gasteiger partial charge in [0.25, 0.3) is 0 Å². The molecule has 0 heterocycles. The lowest BCUT2D eigenvalue weighted by Gasteiger charge is -2.27. The second-order valence-corrected chi connectivity index (χ2v) is 6.87. The van der Waals surface area contributed by atoms with E-state index in [1.165, 1.54) is 36.4 Å². The van der Waals surface area contributed by atoms with Crippen LogP contribution in [0.15, 0.2) is 54.2 Å². The summed E-state index contributed by atoms with van der Waals surface area (Å²) < 4.78 is 114. The molecule has 2 aromatic rings. The van der Waals surface area contributed by atoms with Gasteiger partial charge in [-0.2, -0.15) is 35.8 Å². The van der Waals surface area contributed by atoms with Crippen molar-refractivity contribution in [3.8, 4) is 11.5 Å².